The maximum Gasteiger partial charge on any atom is 0.119 e. The standard InChI is InChI=1S/C22H19ClN2O/c1-16(24)15-26-22-12-3-17(4-13-22)2-10-21-11-7-19(14-25-21)18-5-8-20(23)9-6-18/h3-9,11-14,16H,15,24H2,1H3. The van der Waals surface area contributed by atoms with Crippen molar-refractivity contribution in [2.45, 2.75) is 13.0 Å². The minimum absolute atomic E-state index is 0.0105. The van der Waals surface area contributed by atoms with Crippen LogP contribution in [0.4, 0.5) is 0 Å². The Labute approximate surface area is 158 Å². The number of benzene rings is 2. The van der Waals surface area contributed by atoms with E-state index in [1.807, 2.05) is 73.8 Å². The summed E-state index contributed by atoms with van der Waals surface area (Å²) >= 11 is 5.92. The van der Waals surface area contributed by atoms with Gasteiger partial charge in [-0.25, -0.2) is 4.98 Å². The van der Waals surface area contributed by atoms with Gasteiger partial charge in [-0.3, -0.25) is 0 Å². The Hall–Kier alpha value is -2.80. The van der Waals surface area contributed by atoms with E-state index in [9.17, 15) is 0 Å². The van der Waals surface area contributed by atoms with Crippen LogP contribution in [0.15, 0.2) is 66.9 Å². The number of rotatable bonds is 4. The zero-order valence-electron chi connectivity index (χ0n) is 14.4. The number of hydrogen-bond donors (Lipinski definition) is 1. The van der Waals surface area contributed by atoms with Gasteiger partial charge in [-0.05, 0) is 60.9 Å². The van der Waals surface area contributed by atoms with Crippen LogP contribution < -0.4 is 10.5 Å². The highest BCUT2D eigenvalue weighted by molar-refractivity contribution is 6.30. The van der Waals surface area contributed by atoms with Crippen LogP contribution in [0.2, 0.25) is 5.02 Å². The van der Waals surface area contributed by atoms with Crippen LogP contribution in [-0.2, 0) is 0 Å². The minimum Gasteiger partial charge on any atom is -0.492 e. The molecule has 0 saturated carbocycles. The fourth-order valence-electron chi connectivity index (χ4n) is 2.28. The lowest BCUT2D eigenvalue weighted by Crippen LogP contribution is -2.23. The molecule has 3 rings (SSSR count). The van der Waals surface area contributed by atoms with Gasteiger partial charge in [-0.2, -0.15) is 0 Å². The second kappa shape index (κ2) is 8.53. The van der Waals surface area contributed by atoms with Crippen molar-refractivity contribution in [3.63, 3.8) is 0 Å². The molecule has 0 aliphatic rings. The Morgan fingerprint density at radius 2 is 1.65 bits per heavy atom. The number of hydrogen-bond acceptors (Lipinski definition) is 3. The van der Waals surface area contributed by atoms with Gasteiger partial charge < -0.3 is 10.5 Å². The van der Waals surface area contributed by atoms with Crippen molar-refractivity contribution in [2.24, 2.45) is 5.73 Å². The molecular formula is C22H19ClN2O. The summed E-state index contributed by atoms with van der Waals surface area (Å²) in [6, 6.07) is 19.2. The highest BCUT2D eigenvalue weighted by Crippen LogP contribution is 2.20. The van der Waals surface area contributed by atoms with Gasteiger partial charge in [-0.1, -0.05) is 35.7 Å². The highest BCUT2D eigenvalue weighted by atomic mass is 35.5. The van der Waals surface area contributed by atoms with Crippen LogP contribution in [-0.4, -0.2) is 17.6 Å². The Bertz CT molecular complexity index is 906. The fourth-order valence-corrected chi connectivity index (χ4v) is 2.41. The fraction of sp³-hybridized carbons (Fsp3) is 0.136. The van der Waals surface area contributed by atoms with Crippen molar-refractivity contribution < 1.29 is 4.74 Å². The summed E-state index contributed by atoms with van der Waals surface area (Å²) in [5, 5.41) is 0.721. The highest BCUT2D eigenvalue weighted by Gasteiger charge is 1.99. The van der Waals surface area contributed by atoms with Crippen LogP contribution >= 0.6 is 11.6 Å². The molecule has 2 aromatic carbocycles. The van der Waals surface area contributed by atoms with E-state index in [1.54, 1.807) is 0 Å². The second-order valence-corrected chi connectivity index (χ2v) is 6.44. The topological polar surface area (TPSA) is 48.1 Å². The summed E-state index contributed by atoms with van der Waals surface area (Å²) in [7, 11) is 0. The average molecular weight is 363 g/mol. The predicted octanol–water partition coefficient (Wildman–Crippen LogP) is 4.53. The van der Waals surface area contributed by atoms with Crippen LogP contribution in [0.1, 0.15) is 18.2 Å². The minimum atomic E-state index is 0.0105. The van der Waals surface area contributed by atoms with E-state index >= 15 is 0 Å². The lowest BCUT2D eigenvalue weighted by Gasteiger charge is -2.08. The van der Waals surface area contributed by atoms with Gasteiger partial charge in [0.05, 0.1) is 0 Å². The molecule has 0 spiro atoms. The third kappa shape index (κ3) is 5.10. The summed E-state index contributed by atoms with van der Waals surface area (Å²) in [5.41, 5.74) is 9.41. The molecule has 0 amide bonds. The van der Waals surface area contributed by atoms with E-state index in [4.69, 9.17) is 22.1 Å². The van der Waals surface area contributed by atoms with Crippen molar-refractivity contribution in [3.05, 3.63) is 83.1 Å². The average Bonchev–Trinajstić information content (AvgIpc) is 2.66. The van der Waals surface area contributed by atoms with Gasteiger partial charge in [0.1, 0.15) is 18.1 Å². The third-order valence-electron chi connectivity index (χ3n) is 3.64. The molecule has 1 aromatic heterocycles. The number of aromatic nitrogens is 1. The van der Waals surface area contributed by atoms with Crippen LogP contribution in [0.3, 0.4) is 0 Å². The Morgan fingerprint density at radius 1 is 0.962 bits per heavy atom. The van der Waals surface area contributed by atoms with Gasteiger partial charge in [-0.15, -0.1) is 0 Å². The zero-order chi connectivity index (χ0) is 18.4. The molecule has 0 saturated heterocycles. The number of pyridine rings is 1. The van der Waals surface area contributed by atoms with Gasteiger partial charge >= 0.3 is 0 Å². The Balaban J connectivity index is 1.67. The SMILES string of the molecule is CC(N)COc1ccc(C#Cc2ccc(-c3ccc(Cl)cc3)cn2)cc1. The number of ether oxygens (including phenoxy) is 1. The smallest absolute Gasteiger partial charge is 0.119 e. The van der Waals surface area contributed by atoms with Gasteiger partial charge in [0.15, 0.2) is 0 Å². The molecule has 0 fully saturated rings. The lowest BCUT2D eigenvalue weighted by molar-refractivity contribution is 0.296. The molecule has 3 nitrogen and oxygen atoms in total. The van der Waals surface area contributed by atoms with E-state index in [0.717, 1.165) is 33.2 Å². The molecule has 4 heteroatoms. The van der Waals surface area contributed by atoms with E-state index in [1.165, 1.54) is 0 Å². The van der Waals surface area contributed by atoms with Crippen molar-refractivity contribution in [2.75, 3.05) is 6.61 Å². The van der Waals surface area contributed by atoms with Crippen molar-refractivity contribution in [1.82, 2.24) is 4.98 Å². The van der Waals surface area contributed by atoms with Crippen molar-refractivity contribution >= 4 is 11.6 Å². The molecule has 0 bridgehead atoms. The molecular weight excluding hydrogens is 344 g/mol. The quantitative estimate of drug-likeness (QED) is 0.694. The molecule has 1 heterocycles. The molecule has 130 valence electrons. The van der Waals surface area contributed by atoms with Gasteiger partial charge in [0.25, 0.3) is 0 Å². The van der Waals surface area contributed by atoms with Crippen molar-refractivity contribution in [3.8, 4) is 28.7 Å². The van der Waals surface area contributed by atoms with E-state index in [0.29, 0.717) is 6.61 Å². The Kier molecular flexibility index (Phi) is 5.91. The number of nitrogens with zero attached hydrogens (tertiary/aromatic N) is 1. The maximum atomic E-state index is 5.92. The second-order valence-electron chi connectivity index (χ2n) is 6.00. The predicted molar refractivity (Wildman–Crippen MR) is 106 cm³/mol. The van der Waals surface area contributed by atoms with Crippen LogP contribution in [0.5, 0.6) is 5.75 Å². The first-order valence-corrected chi connectivity index (χ1v) is 8.70. The summed E-state index contributed by atoms with van der Waals surface area (Å²) in [5.74, 6) is 6.97. The molecule has 26 heavy (non-hydrogen) atoms. The van der Waals surface area contributed by atoms with E-state index in [2.05, 4.69) is 16.8 Å². The molecule has 0 radical (unpaired) electrons. The summed E-state index contributed by atoms with van der Waals surface area (Å²) in [4.78, 5) is 4.41. The Morgan fingerprint density at radius 3 is 2.27 bits per heavy atom. The van der Waals surface area contributed by atoms with E-state index < -0.39 is 0 Å². The first-order valence-electron chi connectivity index (χ1n) is 8.32. The molecule has 1 unspecified atom stereocenters. The first-order chi connectivity index (χ1) is 12.6. The van der Waals surface area contributed by atoms with Crippen LogP contribution in [0, 0.1) is 11.8 Å². The lowest BCUT2D eigenvalue weighted by atomic mass is 10.1. The molecule has 0 aliphatic heterocycles. The monoisotopic (exact) mass is 362 g/mol. The molecule has 3 aromatic rings. The van der Waals surface area contributed by atoms with Crippen LogP contribution in [0.25, 0.3) is 11.1 Å². The molecule has 1 atom stereocenters. The normalized spacial score (nSPS) is 11.3. The summed E-state index contributed by atoms with van der Waals surface area (Å²) in [6.07, 6.45) is 1.82. The molecule has 0 aliphatic carbocycles. The summed E-state index contributed by atoms with van der Waals surface area (Å²) < 4.78 is 5.55. The largest absolute Gasteiger partial charge is 0.492 e. The number of halogens is 1. The van der Waals surface area contributed by atoms with Gasteiger partial charge in [0.2, 0.25) is 0 Å². The third-order valence-corrected chi connectivity index (χ3v) is 3.90. The number of nitrogens with two attached hydrogens (primary N) is 1. The zero-order valence-corrected chi connectivity index (χ0v) is 15.2. The van der Waals surface area contributed by atoms with Crippen molar-refractivity contribution in [1.29, 1.82) is 0 Å². The first kappa shape index (κ1) is 18.0. The van der Waals surface area contributed by atoms with E-state index in [-0.39, 0.29) is 6.04 Å². The molecule has 2 N–H and O–H groups in total. The maximum absolute atomic E-state index is 5.92. The summed E-state index contributed by atoms with van der Waals surface area (Å²) in [6.45, 7) is 2.40. The van der Waals surface area contributed by atoms with Gasteiger partial charge in [0, 0.05) is 28.4 Å².